The van der Waals surface area contributed by atoms with Crippen LogP contribution in [0, 0.1) is 0 Å². The molecule has 0 unspecified atom stereocenters. The number of carbonyl (C=O) groups is 1. The molecule has 1 amide bonds. The van der Waals surface area contributed by atoms with Gasteiger partial charge in [-0.15, -0.1) is 0 Å². The first-order valence-electron chi connectivity index (χ1n) is 10.2. The molecule has 4 heterocycles. The van der Waals surface area contributed by atoms with Gasteiger partial charge in [0.2, 0.25) is 5.95 Å². The number of amides is 1. The van der Waals surface area contributed by atoms with Crippen molar-refractivity contribution in [2.75, 3.05) is 31.1 Å². The Morgan fingerprint density at radius 2 is 1.90 bits per heavy atom. The lowest BCUT2D eigenvalue weighted by Crippen LogP contribution is -2.53. The summed E-state index contributed by atoms with van der Waals surface area (Å²) < 4.78 is 21.3. The summed E-state index contributed by atoms with van der Waals surface area (Å²) in [4.78, 5) is 29.6. The number of aromatic nitrogens is 3. The van der Waals surface area contributed by atoms with E-state index in [-0.39, 0.29) is 12.8 Å². The summed E-state index contributed by atoms with van der Waals surface area (Å²) in [6.45, 7) is 1.89. The Labute approximate surface area is 168 Å². The Bertz CT molecular complexity index is 894. The predicted octanol–water partition coefficient (Wildman–Crippen LogP) is 2.48. The van der Waals surface area contributed by atoms with Gasteiger partial charge in [0.05, 0.1) is 13.1 Å². The molecule has 2 aliphatic heterocycles. The minimum absolute atomic E-state index is 0.136. The van der Waals surface area contributed by atoms with Gasteiger partial charge in [0, 0.05) is 56.3 Å². The van der Waals surface area contributed by atoms with E-state index in [1.165, 1.54) is 18.4 Å². The van der Waals surface area contributed by atoms with Crippen molar-refractivity contribution >= 4 is 11.9 Å². The van der Waals surface area contributed by atoms with Gasteiger partial charge in [0.15, 0.2) is 5.67 Å². The molecule has 1 aliphatic carbocycles. The maximum Gasteiger partial charge on any atom is 0.260 e. The monoisotopic (exact) mass is 397 g/mol. The SMILES string of the molecule is O=C(N1CCOc2ccncc2C1)C1(F)CCN(c2ncc(C3CC3)cn2)CC1. The topological polar surface area (TPSA) is 71.5 Å². The molecule has 2 aromatic rings. The lowest BCUT2D eigenvalue weighted by atomic mass is 9.91. The van der Waals surface area contributed by atoms with Gasteiger partial charge in [-0.2, -0.15) is 0 Å². The van der Waals surface area contributed by atoms with Crippen LogP contribution in [0.4, 0.5) is 10.3 Å². The second kappa shape index (κ2) is 7.24. The standard InChI is InChI=1S/C21H24FN5O2/c22-21(19(28)27-9-10-29-18-3-6-23-11-17(18)14-27)4-7-26(8-5-21)20-24-12-16(13-25-20)15-1-2-15/h3,6,11-13,15H,1-2,4-5,7-10,14H2. The van der Waals surface area contributed by atoms with Gasteiger partial charge in [0.25, 0.3) is 5.91 Å². The minimum Gasteiger partial charge on any atom is -0.491 e. The third-order valence-corrected chi connectivity index (χ3v) is 6.06. The number of halogens is 1. The molecule has 1 saturated heterocycles. The van der Waals surface area contributed by atoms with Crippen LogP contribution in [0.25, 0.3) is 0 Å². The molecular weight excluding hydrogens is 373 g/mol. The van der Waals surface area contributed by atoms with Crippen molar-refractivity contribution in [3.63, 3.8) is 0 Å². The van der Waals surface area contributed by atoms with Crippen LogP contribution in [0.15, 0.2) is 30.9 Å². The van der Waals surface area contributed by atoms with Crippen molar-refractivity contribution in [2.45, 2.75) is 43.8 Å². The van der Waals surface area contributed by atoms with Gasteiger partial charge in [-0.05, 0) is 30.4 Å². The van der Waals surface area contributed by atoms with E-state index in [0.717, 1.165) is 5.56 Å². The van der Waals surface area contributed by atoms with Crippen molar-refractivity contribution in [2.24, 2.45) is 0 Å². The molecule has 0 N–H and O–H groups in total. The molecule has 0 bridgehead atoms. The van der Waals surface area contributed by atoms with Gasteiger partial charge in [-0.1, -0.05) is 0 Å². The normalized spacial score (nSPS) is 21.1. The first-order valence-corrected chi connectivity index (χ1v) is 10.2. The third kappa shape index (κ3) is 3.63. The Kier molecular flexibility index (Phi) is 4.56. The van der Waals surface area contributed by atoms with E-state index in [4.69, 9.17) is 4.74 Å². The number of alkyl halides is 1. The van der Waals surface area contributed by atoms with Crippen molar-refractivity contribution < 1.29 is 13.9 Å². The van der Waals surface area contributed by atoms with Crippen LogP contribution in [-0.4, -0.2) is 57.7 Å². The van der Waals surface area contributed by atoms with Gasteiger partial charge in [-0.25, -0.2) is 14.4 Å². The highest BCUT2D eigenvalue weighted by atomic mass is 19.1. The van der Waals surface area contributed by atoms with Crippen LogP contribution in [0.2, 0.25) is 0 Å². The maximum absolute atomic E-state index is 15.6. The number of fused-ring (bicyclic) bond motifs is 1. The zero-order valence-corrected chi connectivity index (χ0v) is 16.3. The second-order valence-corrected chi connectivity index (χ2v) is 8.10. The van der Waals surface area contributed by atoms with Gasteiger partial charge in [0.1, 0.15) is 12.4 Å². The predicted molar refractivity (Wildman–Crippen MR) is 104 cm³/mol. The Morgan fingerprint density at radius 1 is 1.14 bits per heavy atom. The van der Waals surface area contributed by atoms with Crippen LogP contribution < -0.4 is 9.64 Å². The highest BCUT2D eigenvalue weighted by molar-refractivity contribution is 5.85. The molecule has 29 heavy (non-hydrogen) atoms. The zero-order chi connectivity index (χ0) is 19.8. The van der Waals surface area contributed by atoms with Crippen LogP contribution in [-0.2, 0) is 11.3 Å². The second-order valence-electron chi connectivity index (χ2n) is 8.10. The van der Waals surface area contributed by atoms with E-state index in [2.05, 4.69) is 15.0 Å². The van der Waals surface area contributed by atoms with Crippen molar-refractivity contribution in [3.05, 3.63) is 42.0 Å². The van der Waals surface area contributed by atoms with Gasteiger partial charge >= 0.3 is 0 Å². The first-order chi connectivity index (χ1) is 14.1. The fourth-order valence-corrected chi connectivity index (χ4v) is 4.08. The van der Waals surface area contributed by atoms with Crippen LogP contribution in [0.3, 0.4) is 0 Å². The number of ether oxygens (including phenoxy) is 1. The number of pyridine rings is 1. The van der Waals surface area contributed by atoms with Crippen LogP contribution in [0.5, 0.6) is 5.75 Å². The smallest absolute Gasteiger partial charge is 0.260 e. The average molecular weight is 397 g/mol. The largest absolute Gasteiger partial charge is 0.491 e. The number of anilines is 1. The Hall–Kier alpha value is -2.77. The first kappa shape index (κ1) is 18.3. The molecule has 0 atom stereocenters. The summed E-state index contributed by atoms with van der Waals surface area (Å²) >= 11 is 0. The molecule has 152 valence electrons. The fourth-order valence-electron chi connectivity index (χ4n) is 4.08. The van der Waals surface area contributed by atoms with Crippen molar-refractivity contribution in [1.82, 2.24) is 19.9 Å². The third-order valence-electron chi connectivity index (χ3n) is 6.06. The summed E-state index contributed by atoms with van der Waals surface area (Å²) in [6.07, 6.45) is 9.78. The molecule has 7 nitrogen and oxygen atoms in total. The number of nitrogens with zero attached hydrogens (tertiary/aromatic N) is 5. The molecular formula is C21H24FN5O2. The lowest BCUT2D eigenvalue weighted by molar-refractivity contribution is -0.146. The molecule has 0 aromatic carbocycles. The van der Waals surface area contributed by atoms with E-state index in [1.54, 1.807) is 23.4 Å². The van der Waals surface area contributed by atoms with Crippen molar-refractivity contribution in [1.29, 1.82) is 0 Å². The van der Waals surface area contributed by atoms with Gasteiger partial charge in [-0.3, -0.25) is 9.78 Å². The molecule has 3 aliphatic rings. The Morgan fingerprint density at radius 3 is 2.62 bits per heavy atom. The number of piperidine rings is 1. The molecule has 2 fully saturated rings. The highest BCUT2D eigenvalue weighted by Gasteiger charge is 2.45. The number of rotatable bonds is 3. The van der Waals surface area contributed by atoms with Crippen LogP contribution in [0.1, 0.15) is 42.7 Å². The lowest BCUT2D eigenvalue weighted by Gasteiger charge is -2.37. The number of hydrogen-bond donors (Lipinski definition) is 0. The van der Waals surface area contributed by atoms with E-state index in [1.807, 2.05) is 17.3 Å². The van der Waals surface area contributed by atoms with Crippen LogP contribution >= 0.6 is 0 Å². The average Bonchev–Trinajstić information content (AvgIpc) is 3.60. The summed E-state index contributed by atoms with van der Waals surface area (Å²) in [6, 6.07) is 1.78. The minimum atomic E-state index is -1.86. The van der Waals surface area contributed by atoms with E-state index in [9.17, 15) is 4.79 Å². The molecule has 0 radical (unpaired) electrons. The zero-order valence-electron chi connectivity index (χ0n) is 16.3. The fraction of sp³-hybridized carbons (Fsp3) is 0.524. The van der Waals surface area contributed by atoms with E-state index >= 15 is 4.39 Å². The number of hydrogen-bond acceptors (Lipinski definition) is 6. The van der Waals surface area contributed by atoms with Crippen molar-refractivity contribution in [3.8, 4) is 5.75 Å². The summed E-state index contributed by atoms with van der Waals surface area (Å²) in [5, 5.41) is 0. The highest BCUT2D eigenvalue weighted by Crippen LogP contribution is 2.39. The van der Waals surface area contributed by atoms with E-state index in [0.29, 0.717) is 50.4 Å². The van der Waals surface area contributed by atoms with Gasteiger partial charge < -0.3 is 14.5 Å². The van der Waals surface area contributed by atoms with E-state index < -0.39 is 11.6 Å². The summed E-state index contributed by atoms with van der Waals surface area (Å²) in [5.74, 6) is 1.49. The summed E-state index contributed by atoms with van der Waals surface area (Å²) in [7, 11) is 0. The molecule has 8 heteroatoms. The molecule has 5 rings (SSSR count). The quantitative estimate of drug-likeness (QED) is 0.793. The molecule has 1 saturated carbocycles. The Balaban J connectivity index is 1.24. The maximum atomic E-state index is 15.6. The number of carbonyl (C=O) groups excluding carboxylic acids is 1. The summed E-state index contributed by atoms with van der Waals surface area (Å²) in [5.41, 5.74) is 0.124. The molecule has 0 spiro atoms. The molecule has 2 aromatic heterocycles.